The van der Waals surface area contributed by atoms with Crippen molar-refractivity contribution >= 4 is 33.1 Å². The number of amides is 1. The largest absolute Gasteiger partial charge is 0.318 e. The molecule has 0 saturated heterocycles. The molecule has 0 saturated carbocycles. The number of thiophene rings is 1. The van der Waals surface area contributed by atoms with Crippen LogP contribution in [0.15, 0.2) is 11.1 Å². The maximum atomic E-state index is 12.4. The summed E-state index contributed by atoms with van der Waals surface area (Å²) in [6, 6.07) is 0. The minimum atomic E-state index is -0.262. The zero-order chi connectivity index (χ0) is 15.1. The predicted octanol–water partition coefficient (Wildman–Crippen LogP) is 1.89. The number of nitrogens with one attached hydrogen (secondary N) is 3. The standard InChI is InChI=1S/C13H13N5O2S/c1-5-8-11(19)14-4-15-13(8)21-10(5)12(20)16-9-6(2)17-18-7(9)3/h4H,1-3H3,(H,16,20)(H,17,18)(H,14,15,19). The van der Waals surface area contributed by atoms with Crippen LogP contribution in [0.2, 0.25) is 0 Å². The molecule has 3 rings (SSSR count). The molecule has 0 aromatic carbocycles. The van der Waals surface area contributed by atoms with Gasteiger partial charge < -0.3 is 10.3 Å². The second-order valence-electron chi connectivity index (χ2n) is 4.73. The Hall–Kier alpha value is -2.48. The van der Waals surface area contributed by atoms with Crippen LogP contribution in [0.3, 0.4) is 0 Å². The smallest absolute Gasteiger partial charge is 0.266 e. The second-order valence-corrected chi connectivity index (χ2v) is 5.73. The summed E-state index contributed by atoms with van der Waals surface area (Å²) in [4.78, 5) is 31.9. The maximum Gasteiger partial charge on any atom is 0.266 e. The molecule has 3 heterocycles. The molecule has 0 fully saturated rings. The van der Waals surface area contributed by atoms with Crippen molar-refractivity contribution in [3.05, 3.63) is 38.5 Å². The summed E-state index contributed by atoms with van der Waals surface area (Å²) < 4.78 is 0. The minimum Gasteiger partial charge on any atom is -0.318 e. The molecule has 8 heteroatoms. The van der Waals surface area contributed by atoms with Crippen LogP contribution in [0.1, 0.15) is 26.6 Å². The van der Waals surface area contributed by atoms with Gasteiger partial charge >= 0.3 is 0 Å². The molecule has 108 valence electrons. The summed E-state index contributed by atoms with van der Waals surface area (Å²) in [5, 5.41) is 10.2. The molecule has 1 amide bonds. The van der Waals surface area contributed by atoms with Crippen molar-refractivity contribution in [3.63, 3.8) is 0 Å². The molecule has 0 radical (unpaired) electrons. The highest BCUT2D eigenvalue weighted by Gasteiger charge is 2.20. The average molecular weight is 303 g/mol. The van der Waals surface area contributed by atoms with E-state index in [9.17, 15) is 9.59 Å². The molecular formula is C13H13N5O2S. The molecule has 3 aromatic heterocycles. The zero-order valence-electron chi connectivity index (χ0n) is 11.7. The summed E-state index contributed by atoms with van der Waals surface area (Å²) in [6.07, 6.45) is 1.34. The number of aromatic nitrogens is 4. The van der Waals surface area contributed by atoms with Crippen LogP contribution in [0.5, 0.6) is 0 Å². The van der Waals surface area contributed by atoms with Crippen LogP contribution >= 0.6 is 11.3 Å². The van der Waals surface area contributed by atoms with Gasteiger partial charge in [-0.1, -0.05) is 0 Å². The molecule has 3 aromatic rings. The molecule has 0 aliphatic carbocycles. The van der Waals surface area contributed by atoms with Gasteiger partial charge in [0.1, 0.15) is 4.83 Å². The van der Waals surface area contributed by atoms with Gasteiger partial charge in [0.2, 0.25) is 0 Å². The SMILES string of the molecule is Cc1n[nH]c(C)c1NC(=O)c1sc2nc[nH]c(=O)c2c1C. The Morgan fingerprint density at radius 3 is 2.71 bits per heavy atom. The van der Waals surface area contributed by atoms with Crippen LogP contribution in [0.4, 0.5) is 5.69 Å². The van der Waals surface area contributed by atoms with E-state index in [-0.39, 0.29) is 11.5 Å². The molecule has 3 N–H and O–H groups in total. The summed E-state index contributed by atoms with van der Waals surface area (Å²) >= 11 is 1.21. The summed E-state index contributed by atoms with van der Waals surface area (Å²) in [5.74, 6) is -0.262. The van der Waals surface area contributed by atoms with Crippen LogP contribution in [-0.4, -0.2) is 26.1 Å². The molecule has 0 bridgehead atoms. The molecule has 0 atom stereocenters. The Labute approximate surface area is 123 Å². The predicted molar refractivity (Wildman–Crippen MR) is 81.0 cm³/mol. The number of aromatic amines is 2. The average Bonchev–Trinajstić information content (AvgIpc) is 2.94. The highest BCUT2D eigenvalue weighted by Crippen LogP contribution is 2.28. The van der Waals surface area contributed by atoms with Crippen molar-refractivity contribution in [2.24, 2.45) is 0 Å². The number of hydrogen-bond acceptors (Lipinski definition) is 5. The number of fused-ring (bicyclic) bond motifs is 1. The van der Waals surface area contributed by atoms with Crippen molar-refractivity contribution in [2.75, 3.05) is 5.32 Å². The fraction of sp³-hybridized carbons (Fsp3) is 0.231. The van der Waals surface area contributed by atoms with Gasteiger partial charge in [0, 0.05) is 0 Å². The topological polar surface area (TPSA) is 104 Å². The molecule has 21 heavy (non-hydrogen) atoms. The Balaban J connectivity index is 2.05. The third kappa shape index (κ3) is 2.13. The van der Waals surface area contributed by atoms with E-state index in [1.165, 1.54) is 17.7 Å². The van der Waals surface area contributed by atoms with E-state index in [0.717, 1.165) is 11.4 Å². The lowest BCUT2D eigenvalue weighted by molar-refractivity contribution is 0.103. The molecule has 0 aliphatic heterocycles. The first-order chi connectivity index (χ1) is 9.99. The van der Waals surface area contributed by atoms with Crippen molar-refractivity contribution in [1.82, 2.24) is 20.2 Å². The second kappa shape index (κ2) is 4.81. The quantitative estimate of drug-likeness (QED) is 0.672. The first kappa shape index (κ1) is 13.5. The number of carbonyl (C=O) groups excluding carboxylic acids is 1. The first-order valence-corrected chi connectivity index (χ1v) is 7.10. The van der Waals surface area contributed by atoms with Crippen LogP contribution in [-0.2, 0) is 0 Å². The van der Waals surface area contributed by atoms with Crippen LogP contribution in [0.25, 0.3) is 10.2 Å². The fourth-order valence-electron chi connectivity index (χ4n) is 2.20. The first-order valence-electron chi connectivity index (χ1n) is 6.28. The highest BCUT2D eigenvalue weighted by atomic mass is 32.1. The Bertz CT molecular complexity index is 886. The van der Waals surface area contributed by atoms with Gasteiger partial charge in [-0.3, -0.25) is 14.7 Å². The normalized spacial score (nSPS) is 11.0. The Kier molecular flexibility index (Phi) is 3.09. The number of carbonyl (C=O) groups is 1. The van der Waals surface area contributed by atoms with Crippen molar-refractivity contribution in [2.45, 2.75) is 20.8 Å². The van der Waals surface area contributed by atoms with Gasteiger partial charge in [-0.25, -0.2) is 4.98 Å². The van der Waals surface area contributed by atoms with Gasteiger partial charge in [-0.15, -0.1) is 11.3 Å². The van der Waals surface area contributed by atoms with Gasteiger partial charge in [0.05, 0.1) is 33.7 Å². The van der Waals surface area contributed by atoms with E-state index in [1.54, 1.807) is 6.92 Å². The minimum absolute atomic E-state index is 0.233. The third-order valence-corrected chi connectivity index (χ3v) is 4.50. The van der Waals surface area contributed by atoms with Gasteiger partial charge in [-0.05, 0) is 26.3 Å². The molecule has 7 nitrogen and oxygen atoms in total. The summed E-state index contributed by atoms with van der Waals surface area (Å²) in [6.45, 7) is 5.39. The molecular weight excluding hydrogens is 290 g/mol. The zero-order valence-corrected chi connectivity index (χ0v) is 12.5. The maximum absolute atomic E-state index is 12.4. The van der Waals surface area contributed by atoms with E-state index in [2.05, 4.69) is 25.5 Å². The van der Waals surface area contributed by atoms with Gasteiger partial charge in [0.15, 0.2) is 0 Å². The van der Waals surface area contributed by atoms with Gasteiger partial charge in [-0.2, -0.15) is 5.10 Å². The number of anilines is 1. The van der Waals surface area contributed by atoms with Crippen molar-refractivity contribution in [1.29, 1.82) is 0 Å². The van der Waals surface area contributed by atoms with Crippen LogP contribution in [0, 0.1) is 20.8 Å². The number of H-pyrrole nitrogens is 2. The van der Waals surface area contributed by atoms with Gasteiger partial charge in [0.25, 0.3) is 11.5 Å². The summed E-state index contributed by atoms with van der Waals surface area (Å²) in [7, 11) is 0. The third-order valence-electron chi connectivity index (χ3n) is 3.31. The van der Waals surface area contributed by atoms with E-state index in [1.807, 2.05) is 13.8 Å². The summed E-state index contributed by atoms with van der Waals surface area (Å²) in [5.41, 5.74) is 2.58. The monoisotopic (exact) mass is 303 g/mol. The number of nitrogens with zero attached hydrogens (tertiary/aromatic N) is 2. The van der Waals surface area contributed by atoms with E-state index < -0.39 is 0 Å². The lowest BCUT2D eigenvalue weighted by Crippen LogP contribution is -2.13. The Morgan fingerprint density at radius 1 is 1.33 bits per heavy atom. The fourth-order valence-corrected chi connectivity index (χ4v) is 3.25. The number of rotatable bonds is 2. The van der Waals surface area contributed by atoms with E-state index in [0.29, 0.717) is 26.3 Å². The van der Waals surface area contributed by atoms with Crippen LogP contribution < -0.4 is 10.9 Å². The van der Waals surface area contributed by atoms with E-state index in [4.69, 9.17) is 0 Å². The molecule has 0 spiro atoms. The molecule has 0 aliphatic rings. The Morgan fingerprint density at radius 2 is 2.10 bits per heavy atom. The lowest BCUT2D eigenvalue weighted by Gasteiger charge is -2.04. The molecule has 0 unspecified atom stereocenters. The number of hydrogen-bond donors (Lipinski definition) is 3. The highest BCUT2D eigenvalue weighted by molar-refractivity contribution is 7.20. The number of aryl methyl sites for hydroxylation is 3. The van der Waals surface area contributed by atoms with Crippen molar-refractivity contribution < 1.29 is 4.79 Å². The lowest BCUT2D eigenvalue weighted by atomic mass is 10.2. The van der Waals surface area contributed by atoms with E-state index >= 15 is 0 Å². The van der Waals surface area contributed by atoms with Crippen molar-refractivity contribution in [3.8, 4) is 0 Å².